The van der Waals surface area contributed by atoms with E-state index >= 15 is 0 Å². The minimum atomic E-state index is -4.50. The summed E-state index contributed by atoms with van der Waals surface area (Å²) in [7, 11) is 0. The van der Waals surface area contributed by atoms with Crippen LogP contribution in [0.3, 0.4) is 0 Å². The Morgan fingerprint density at radius 2 is 1.88 bits per heavy atom. The van der Waals surface area contributed by atoms with E-state index in [2.05, 4.69) is 5.32 Å². The van der Waals surface area contributed by atoms with Crippen molar-refractivity contribution in [1.82, 2.24) is 5.32 Å². The van der Waals surface area contributed by atoms with Crippen LogP contribution >= 0.6 is 0 Å². The Labute approximate surface area is 97.8 Å². The van der Waals surface area contributed by atoms with Crippen LogP contribution in [0, 0.1) is 5.82 Å². The van der Waals surface area contributed by atoms with Crippen LogP contribution in [0.15, 0.2) is 18.2 Å². The zero-order valence-electron chi connectivity index (χ0n) is 9.57. The van der Waals surface area contributed by atoms with Gasteiger partial charge in [-0.15, -0.1) is 0 Å². The van der Waals surface area contributed by atoms with E-state index in [1.807, 2.05) is 6.92 Å². The first-order chi connectivity index (χ1) is 7.93. The van der Waals surface area contributed by atoms with Crippen LogP contribution in [0.4, 0.5) is 17.6 Å². The van der Waals surface area contributed by atoms with Crippen LogP contribution in [0.2, 0.25) is 0 Å². The van der Waals surface area contributed by atoms with Gasteiger partial charge in [0.25, 0.3) is 0 Å². The first-order valence-electron chi connectivity index (χ1n) is 5.51. The lowest BCUT2D eigenvalue weighted by atomic mass is 10.1. The monoisotopic (exact) mass is 249 g/mol. The molecule has 0 heterocycles. The molecular weight excluding hydrogens is 234 g/mol. The van der Waals surface area contributed by atoms with Crippen LogP contribution in [0.1, 0.15) is 30.9 Å². The van der Waals surface area contributed by atoms with Crippen molar-refractivity contribution in [2.24, 2.45) is 0 Å². The molecule has 1 nitrogen and oxygen atoms in total. The summed E-state index contributed by atoms with van der Waals surface area (Å²) in [5.41, 5.74) is -0.627. The zero-order chi connectivity index (χ0) is 12.9. The molecule has 17 heavy (non-hydrogen) atoms. The maximum Gasteiger partial charge on any atom is 0.416 e. The number of nitrogens with one attached hydrogen (secondary N) is 1. The van der Waals surface area contributed by atoms with Gasteiger partial charge in [0.15, 0.2) is 0 Å². The van der Waals surface area contributed by atoms with Gasteiger partial charge in [-0.25, -0.2) is 4.39 Å². The Morgan fingerprint density at radius 1 is 1.18 bits per heavy atom. The van der Waals surface area contributed by atoms with Crippen molar-refractivity contribution in [3.63, 3.8) is 0 Å². The molecule has 1 aromatic rings. The molecule has 0 spiro atoms. The molecule has 0 bridgehead atoms. The number of unbranched alkanes of at least 4 members (excludes halogenated alkanes) is 1. The first-order valence-corrected chi connectivity index (χ1v) is 5.51. The molecule has 0 amide bonds. The summed E-state index contributed by atoms with van der Waals surface area (Å²) in [5.74, 6) is -0.855. The van der Waals surface area contributed by atoms with Crippen LogP contribution in [-0.2, 0) is 12.7 Å². The van der Waals surface area contributed by atoms with E-state index in [4.69, 9.17) is 0 Å². The molecule has 96 valence electrons. The summed E-state index contributed by atoms with van der Waals surface area (Å²) in [6.07, 6.45) is -2.55. The zero-order valence-corrected chi connectivity index (χ0v) is 9.57. The van der Waals surface area contributed by atoms with Gasteiger partial charge in [-0.05, 0) is 36.7 Å². The molecule has 0 radical (unpaired) electrons. The fourth-order valence-electron chi connectivity index (χ4n) is 1.45. The molecule has 0 saturated heterocycles. The van der Waals surface area contributed by atoms with Gasteiger partial charge in [-0.2, -0.15) is 13.2 Å². The van der Waals surface area contributed by atoms with Crippen molar-refractivity contribution in [1.29, 1.82) is 0 Å². The Kier molecular flexibility index (Phi) is 4.93. The fraction of sp³-hybridized carbons (Fsp3) is 0.500. The summed E-state index contributed by atoms with van der Waals surface area (Å²) in [5, 5.41) is 2.97. The number of rotatable bonds is 5. The highest BCUT2D eigenvalue weighted by Gasteiger charge is 2.31. The van der Waals surface area contributed by atoms with Gasteiger partial charge in [-0.1, -0.05) is 13.3 Å². The highest BCUT2D eigenvalue weighted by Crippen LogP contribution is 2.30. The molecular formula is C12H15F4N. The molecule has 5 heteroatoms. The molecule has 0 aliphatic rings. The maximum absolute atomic E-state index is 13.0. The van der Waals surface area contributed by atoms with Crippen molar-refractivity contribution in [2.45, 2.75) is 32.5 Å². The van der Waals surface area contributed by atoms with E-state index in [1.165, 1.54) is 0 Å². The normalized spacial score (nSPS) is 11.8. The second-order valence-electron chi connectivity index (χ2n) is 3.88. The SMILES string of the molecule is CCCCNCc1cc(F)cc(C(F)(F)F)c1. The second kappa shape index (κ2) is 6.00. The van der Waals surface area contributed by atoms with Gasteiger partial charge in [0.1, 0.15) is 5.82 Å². The first kappa shape index (κ1) is 14.0. The quantitative estimate of drug-likeness (QED) is 0.619. The summed E-state index contributed by atoms with van der Waals surface area (Å²) >= 11 is 0. The van der Waals surface area contributed by atoms with Gasteiger partial charge in [-0.3, -0.25) is 0 Å². The molecule has 0 saturated carbocycles. The highest BCUT2D eigenvalue weighted by atomic mass is 19.4. The van der Waals surface area contributed by atoms with Crippen molar-refractivity contribution >= 4 is 0 Å². The largest absolute Gasteiger partial charge is 0.416 e. The molecule has 1 rings (SSSR count). The third-order valence-electron chi connectivity index (χ3n) is 2.32. The summed E-state index contributed by atoms with van der Waals surface area (Å²) < 4.78 is 50.2. The van der Waals surface area contributed by atoms with Crippen molar-refractivity contribution in [3.05, 3.63) is 35.1 Å². The molecule has 0 aliphatic heterocycles. The maximum atomic E-state index is 13.0. The Hall–Kier alpha value is -1.10. The standard InChI is InChI=1S/C12H15F4N/c1-2-3-4-17-8-9-5-10(12(14,15)16)7-11(13)6-9/h5-7,17H,2-4,8H2,1H3. The molecule has 0 atom stereocenters. The van der Waals surface area contributed by atoms with Crippen molar-refractivity contribution in [3.8, 4) is 0 Å². The Morgan fingerprint density at radius 3 is 2.47 bits per heavy atom. The second-order valence-corrected chi connectivity index (χ2v) is 3.88. The summed E-state index contributed by atoms with van der Waals surface area (Å²) in [4.78, 5) is 0. The Bertz CT molecular complexity index is 360. The van der Waals surface area contributed by atoms with Gasteiger partial charge in [0.05, 0.1) is 5.56 Å². The molecule has 0 aromatic heterocycles. The predicted octanol–water partition coefficient (Wildman–Crippen LogP) is 3.73. The minimum Gasteiger partial charge on any atom is -0.313 e. The predicted molar refractivity (Wildman–Crippen MR) is 58.0 cm³/mol. The Balaban J connectivity index is 2.69. The summed E-state index contributed by atoms with van der Waals surface area (Å²) in [6, 6.07) is 2.60. The van der Waals surface area contributed by atoms with E-state index in [9.17, 15) is 17.6 Å². The number of hydrogen-bond acceptors (Lipinski definition) is 1. The lowest BCUT2D eigenvalue weighted by Gasteiger charge is -2.10. The fourth-order valence-corrected chi connectivity index (χ4v) is 1.45. The van der Waals surface area contributed by atoms with Crippen LogP contribution in [-0.4, -0.2) is 6.54 Å². The molecule has 0 fully saturated rings. The topological polar surface area (TPSA) is 12.0 Å². The third kappa shape index (κ3) is 4.73. The molecule has 1 N–H and O–H groups in total. The number of hydrogen-bond donors (Lipinski definition) is 1. The minimum absolute atomic E-state index is 0.251. The lowest BCUT2D eigenvalue weighted by Crippen LogP contribution is -2.15. The molecule has 0 unspecified atom stereocenters. The van der Waals surface area contributed by atoms with E-state index in [0.29, 0.717) is 18.2 Å². The highest BCUT2D eigenvalue weighted by molar-refractivity contribution is 5.26. The molecule has 0 aliphatic carbocycles. The molecule has 1 aromatic carbocycles. The van der Waals surface area contributed by atoms with E-state index in [-0.39, 0.29) is 6.54 Å². The van der Waals surface area contributed by atoms with E-state index < -0.39 is 17.6 Å². The average molecular weight is 249 g/mol. The van der Waals surface area contributed by atoms with Crippen LogP contribution < -0.4 is 5.32 Å². The number of halogens is 4. The average Bonchev–Trinajstić information content (AvgIpc) is 2.22. The smallest absolute Gasteiger partial charge is 0.313 e. The number of alkyl halides is 3. The van der Waals surface area contributed by atoms with Gasteiger partial charge >= 0.3 is 6.18 Å². The van der Waals surface area contributed by atoms with Gasteiger partial charge < -0.3 is 5.32 Å². The van der Waals surface area contributed by atoms with Gasteiger partial charge in [0, 0.05) is 6.54 Å². The van der Waals surface area contributed by atoms with E-state index in [0.717, 1.165) is 25.0 Å². The lowest BCUT2D eigenvalue weighted by molar-refractivity contribution is -0.137. The third-order valence-corrected chi connectivity index (χ3v) is 2.32. The van der Waals surface area contributed by atoms with Crippen molar-refractivity contribution < 1.29 is 17.6 Å². The van der Waals surface area contributed by atoms with Crippen molar-refractivity contribution in [2.75, 3.05) is 6.54 Å². The van der Waals surface area contributed by atoms with E-state index in [1.54, 1.807) is 0 Å². The van der Waals surface area contributed by atoms with Crippen LogP contribution in [0.5, 0.6) is 0 Å². The van der Waals surface area contributed by atoms with Gasteiger partial charge in [0.2, 0.25) is 0 Å². The number of benzene rings is 1. The van der Waals surface area contributed by atoms with Crippen LogP contribution in [0.25, 0.3) is 0 Å². The summed E-state index contributed by atoms with van der Waals surface area (Å²) in [6.45, 7) is 2.99.